The van der Waals surface area contributed by atoms with Crippen molar-refractivity contribution in [1.29, 1.82) is 0 Å². The lowest BCUT2D eigenvalue weighted by Gasteiger charge is -2.04. The van der Waals surface area contributed by atoms with Gasteiger partial charge in [0.1, 0.15) is 5.76 Å². The van der Waals surface area contributed by atoms with Gasteiger partial charge in [-0.1, -0.05) is 11.2 Å². The van der Waals surface area contributed by atoms with Crippen molar-refractivity contribution in [3.05, 3.63) is 46.2 Å². The molecule has 21 heavy (non-hydrogen) atoms. The molecule has 0 saturated carbocycles. The van der Waals surface area contributed by atoms with E-state index in [2.05, 4.69) is 15.8 Å². The number of anilines is 2. The second-order valence-electron chi connectivity index (χ2n) is 4.04. The summed E-state index contributed by atoms with van der Waals surface area (Å²) in [6.07, 6.45) is 0. The SMILES string of the molecule is Cc1cc(NC(=O)C(=O)Nc2cccc([N+](=O)[O-])c2)no1. The van der Waals surface area contributed by atoms with Gasteiger partial charge in [0, 0.05) is 23.9 Å². The van der Waals surface area contributed by atoms with Crippen molar-refractivity contribution in [3.8, 4) is 0 Å². The summed E-state index contributed by atoms with van der Waals surface area (Å²) in [5.41, 5.74) is -0.0546. The van der Waals surface area contributed by atoms with Crippen molar-refractivity contribution >= 4 is 29.0 Å². The van der Waals surface area contributed by atoms with Gasteiger partial charge in [-0.05, 0) is 13.0 Å². The molecule has 0 aliphatic rings. The molecule has 1 aromatic heterocycles. The van der Waals surface area contributed by atoms with Crippen LogP contribution in [0.5, 0.6) is 0 Å². The molecule has 1 aromatic carbocycles. The van der Waals surface area contributed by atoms with Crippen LogP contribution in [-0.4, -0.2) is 21.9 Å². The van der Waals surface area contributed by atoms with Crippen LogP contribution in [0, 0.1) is 17.0 Å². The van der Waals surface area contributed by atoms with Gasteiger partial charge in [0.2, 0.25) is 0 Å². The number of nitrogens with one attached hydrogen (secondary N) is 2. The zero-order chi connectivity index (χ0) is 15.4. The van der Waals surface area contributed by atoms with E-state index in [-0.39, 0.29) is 17.2 Å². The fourth-order valence-corrected chi connectivity index (χ4v) is 1.48. The molecular formula is C12H10N4O5. The Hall–Kier alpha value is -3.23. The number of carbonyl (C=O) groups is 2. The van der Waals surface area contributed by atoms with E-state index < -0.39 is 16.7 Å². The monoisotopic (exact) mass is 290 g/mol. The molecular weight excluding hydrogens is 280 g/mol. The number of hydrogen-bond acceptors (Lipinski definition) is 6. The van der Waals surface area contributed by atoms with Crippen molar-refractivity contribution in [2.24, 2.45) is 0 Å². The molecule has 0 unspecified atom stereocenters. The van der Waals surface area contributed by atoms with Crippen LogP contribution in [-0.2, 0) is 9.59 Å². The summed E-state index contributed by atoms with van der Waals surface area (Å²) in [5, 5.41) is 18.6. The minimum atomic E-state index is -0.976. The Kier molecular flexibility index (Phi) is 3.93. The van der Waals surface area contributed by atoms with Crippen LogP contribution in [0.2, 0.25) is 0 Å². The Bertz CT molecular complexity index is 709. The first kappa shape index (κ1) is 14.2. The quantitative estimate of drug-likeness (QED) is 0.500. The average molecular weight is 290 g/mol. The third kappa shape index (κ3) is 3.62. The summed E-state index contributed by atoms with van der Waals surface area (Å²) in [5.74, 6) is -1.36. The Labute approximate surface area is 118 Å². The van der Waals surface area contributed by atoms with Crippen LogP contribution in [0.4, 0.5) is 17.2 Å². The molecule has 0 aliphatic carbocycles. The highest BCUT2D eigenvalue weighted by atomic mass is 16.6. The first-order chi connectivity index (χ1) is 9.95. The summed E-state index contributed by atoms with van der Waals surface area (Å²) in [4.78, 5) is 33.3. The topological polar surface area (TPSA) is 127 Å². The standard InChI is InChI=1S/C12H10N4O5/c1-7-5-10(15-21-7)14-12(18)11(17)13-8-3-2-4-9(6-8)16(19)20/h2-6H,1H3,(H,13,17)(H,14,15,18). The van der Waals surface area contributed by atoms with Crippen molar-refractivity contribution in [1.82, 2.24) is 5.16 Å². The molecule has 2 amide bonds. The van der Waals surface area contributed by atoms with E-state index in [1.54, 1.807) is 6.92 Å². The minimum absolute atomic E-state index is 0.103. The molecule has 108 valence electrons. The highest BCUT2D eigenvalue weighted by Gasteiger charge is 2.16. The van der Waals surface area contributed by atoms with E-state index in [4.69, 9.17) is 4.52 Å². The summed E-state index contributed by atoms with van der Waals surface area (Å²) in [6, 6.07) is 6.68. The van der Waals surface area contributed by atoms with E-state index in [0.29, 0.717) is 5.76 Å². The van der Waals surface area contributed by atoms with E-state index >= 15 is 0 Å². The van der Waals surface area contributed by atoms with Crippen molar-refractivity contribution in [3.63, 3.8) is 0 Å². The predicted molar refractivity (Wildman–Crippen MR) is 71.6 cm³/mol. The average Bonchev–Trinajstić information content (AvgIpc) is 2.84. The smallest absolute Gasteiger partial charge is 0.315 e. The Morgan fingerprint density at radius 1 is 1.24 bits per heavy atom. The van der Waals surface area contributed by atoms with Crippen LogP contribution in [0.15, 0.2) is 34.9 Å². The van der Waals surface area contributed by atoms with Gasteiger partial charge in [-0.25, -0.2) is 0 Å². The first-order valence-corrected chi connectivity index (χ1v) is 5.76. The fraction of sp³-hybridized carbons (Fsp3) is 0.0833. The maximum Gasteiger partial charge on any atom is 0.315 e. The first-order valence-electron chi connectivity index (χ1n) is 5.76. The molecule has 2 rings (SSSR count). The summed E-state index contributed by atoms with van der Waals surface area (Å²) >= 11 is 0. The maximum atomic E-state index is 11.7. The summed E-state index contributed by atoms with van der Waals surface area (Å²) in [6.45, 7) is 1.63. The molecule has 0 atom stereocenters. The number of amides is 2. The molecule has 2 N–H and O–H groups in total. The fourth-order valence-electron chi connectivity index (χ4n) is 1.48. The van der Waals surface area contributed by atoms with Gasteiger partial charge in [0.15, 0.2) is 5.82 Å². The minimum Gasteiger partial charge on any atom is -0.360 e. The molecule has 0 spiro atoms. The lowest BCUT2D eigenvalue weighted by atomic mass is 10.3. The van der Waals surface area contributed by atoms with Crippen LogP contribution < -0.4 is 10.6 Å². The third-order valence-electron chi connectivity index (χ3n) is 2.39. The van der Waals surface area contributed by atoms with Crippen LogP contribution >= 0.6 is 0 Å². The second kappa shape index (κ2) is 5.82. The molecule has 9 heteroatoms. The van der Waals surface area contributed by atoms with Gasteiger partial charge in [-0.3, -0.25) is 25.0 Å². The number of rotatable bonds is 3. The van der Waals surface area contributed by atoms with Crippen molar-refractivity contribution < 1.29 is 19.0 Å². The highest BCUT2D eigenvalue weighted by Crippen LogP contribution is 2.17. The third-order valence-corrected chi connectivity index (χ3v) is 2.39. The van der Waals surface area contributed by atoms with Gasteiger partial charge in [0.05, 0.1) is 4.92 Å². The molecule has 0 fully saturated rings. The van der Waals surface area contributed by atoms with E-state index in [0.717, 1.165) is 6.07 Å². The van der Waals surface area contributed by atoms with Gasteiger partial charge in [-0.15, -0.1) is 0 Å². The zero-order valence-electron chi connectivity index (χ0n) is 10.8. The molecule has 0 saturated heterocycles. The van der Waals surface area contributed by atoms with Crippen LogP contribution in [0.3, 0.4) is 0 Å². The van der Waals surface area contributed by atoms with Gasteiger partial charge >= 0.3 is 11.8 Å². The Morgan fingerprint density at radius 3 is 2.57 bits per heavy atom. The Morgan fingerprint density at radius 2 is 1.95 bits per heavy atom. The molecule has 1 heterocycles. The van der Waals surface area contributed by atoms with Crippen molar-refractivity contribution in [2.75, 3.05) is 10.6 Å². The lowest BCUT2D eigenvalue weighted by Crippen LogP contribution is -2.29. The van der Waals surface area contributed by atoms with Gasteiger partial charge in [-0.2, -0.15) is 0 Å². The van der Waals surface area contributed by atoms with E-state index in [9.17, 15) is 19.7 Å². The molecule has 0 bridgehead atoms. The van der Waals surface area contributed by atoms with Crippen LogP contribution in [0.1, 0.15) is 5.76 Å². The molecule has 0 aliphatic heterocycles. The second-order valence-corrected chi connectivity index (χ2v) is 4.04. The number of benzene rings is 1. The Balaban J connectivity index is 2.02. The summed E-state index contributed by atoms with van der Waals surface area (Å²) in [7, 11) is 0. The predicted octanol–water partition coefficient (Wildman–Crippen LogP) is 1.47. The molecule has 2 aromatic rings. The van der Waals surface area contributed by atoms with Gasteiger partial charge < -0.3 is 9.84 Å². The summed E-state index contributed by atoms with van der Waals surface area (Å²) < 4.78 is 4.73. The number of carbonyl (C=O) groups excluding carboxylic acids is 2. The lowest BCUT2D eigenvalue weighted by molar-refractivity contribution is -0.384. The van der Waals surface area contributed by atoms with Crippen LogP contribution in [0.25, 0.3) is 0 Å². The number of nitrogens with zero attached hydrogens (tertiary/aromatic N) is 2. The van der Waals surface area contributed by atoms with Crippen molar-refractivity contribution in [2.45, 2.75) is 6.92 Å². The van der Waals surface area contributed by atoms with Gasteiger partial charge in [0.25, 0.3) is 5.69 Å². The largest absolute Gasteiger partial charge is 0.360 e. The number of nitro groups is 1. The molecule has 9 nitrogen and oxygen atoms in total. The number of hydrogen-bond donors (Lipinski definition) is 2. The zero-order valence-corrected chi connectivity index (χ0v) is 10.8. The van der Waals surface area contributed by atoms with E-state index in [1.165, 1.54) is 24.3 Å². The number of non-ortho nitro benzene ring substituents is 1. The number of aryl methyl sites for hydroxylation is 1. The normalized spacial score (nSPS) is 9.95. The molecule has 0 radical (unpaired) electrons. The van der Waals surface area contributed by atoms with E-state index in [1.807, 2.05) is 0 Å². The highest BCUT2D eigenvalue weighted by molar-refractivity contribution is 6.43. The maximum absolute atomic E-state index is 11.7. The number of nitro benzene ring substituents is 1. The number of aromatic nitrogens is 1.